The predicted molar refractivity (Wildman–Crippen MR) is 61.7 cm³/mol. The lowest BCUT2D eigenvalue weighted by Crippen LogP contribution is -2.38. The number of carbonyl (C=O) groups excluding carboxylic acids is 1. The Balaban J connectivity index is 2.26. The van der Waals surface area contributed by atoms with Crippen molar-refractivity contribution in [2.45, 2.75) is 19.1 Å². The van der Waals surface area contributed by atoms with Crippen LogP contribution in [-0.4, -0.2) is 57.0 Å². The number of hydrogen-bond acceptors (Lipinski definition) is 4. The molecule has 1 aromatic rings. The second-order valence-corrected chi connectivity index (χ2v) is 3.84. The first kappa shape index (κ1) is 14.0. The van der Waals surface area contributed by atoms with Gasteiger partial charge in [0.25, 0.3) is 0 Å². The number of carbonyl (C=O) groups is 2. The van der Waals surface area contributed by atoms with Gasteiger partial charge in [-0.1, -0.05) is 0 Å². The summed E-state index contributed by atoms with van der Waals surface area (Å²) in [7, 11) is 1.61. The second-order valence-electron chi connectivity index (χ2n) is 3.84. The van der Waals surface area contributed by atoms with Gasteiger partial charge in [0.1, 0.15) is 0 Å². The summed E-state index contributed by atoms with van der Waals surface area (Å²) < 4.78 is 0. The molecule has 4 N–H and O–H groups in total. The SMILES string of the molecule is CN(Cc1cn[nH]c1)C(=O)NCCC(O)C(=O)O. The summed E-state index contributed by atoms with van der Waals surface area (Å²) in [5.41, 5.74) is 0.859. The second kappa shape index (κ2) is 6.60. The summed E-state index contributed by atoms with van der Waals surface area (Å²) >= 11 is 0. The molecule has 18 heavy (non-hydrogen) atoms. The number of aliphatic hydroxyl groups excluding tert-OH is 1. The van der Waals surface area contributed by atoms with Gasteiger partial charge < -0.3 is 20.4 Å². The van der Waals surface area contributed by atoms with E-state index in [9.17, 15) is 9.59 Å². The maximum absolute atomic E-state index is 11.6. The Hall–Kier alpha value is -2.09. The number of H-pyrrole nitrogens is 1. The van der Waals surface area contributed by atoms with E-state index in [1.54, 1.807) is 19.4 Å². The molecule has 1 heterocycles. The Morgan fingerprint density at radius 2 is 2.33 bits per heavy atom. The molecule has 0 radical (unpaired) electrons. The summed E-state index contributed by atoms with van der Waals surface area (Å²) in [5, 5.41) is 26.4. The summed E-state index contributed by atoms with van der Waals surface area (Å²) in [4.78, 5) is 23.3. The molecule has 0 fully saturated rings. The summed E-state index contributed by atoms with van der Waals surface area (Å²) in [5.74, 6) is -1.30. The van der Waals surface area contributed by atoms with Gasteiger partial charge in [-0.2, -0.15) is 5.10 Å². The Labute approximate surface area is 104 Å². The third-order valence-corrected chi connectivity index (χ3v) is 2.30. The molecule has 1 atom stereocenters. The zero-order chi connectivity index (χ0) is 13.5. The molecule has 1 rings (SSSR count). The highest BCUT2D eigenvalue weighted by molar-refractivity contribution is 5.74. The topological polar surface area (TPSA) is 119 Å². The number of aliphatic hydroxyl groups is 1. The molecule has 1 aromatic heterocycles. The number of nitrogens with zero attached hydrogens (tertiary/aromatic N) is 2. The van der Waals surface area contributed by atoms with Crippen LogP contribution in [0, 0.1) is 0 Å². The van der Waals surface area contributed by atoms with Crippen LogP contribution in [0.3, 0.4) is 0 Å². The van der Waals surface area contributed by atoms with E-state index < -0.39 is 12.1 Å². The van der Waals surface area contributed by atoms with E-state index in [1.807, 2.05) is 0 Å². The van der Waals surface area contributed by atoms with E-state index >= 15 is 0 Å². The van der Waals surface area contributed by atoms with Crippen molar-refractivity contribution in [2.24, 2.45) is 0 Å². The summed E-state index contributed by atoms with van der Waals surface area (Å²) in [6.45, 7) is 0.492. The number of carboxylic acid groups (broad SMARTS) is 1. The fourth-order valence-corrected chi connectivity index (χ4v) is 1.28. The average molecular weight is 256 g/mol. The first-order valence-corrected chi connectivity index (χ1v) is 5.38. The van der Waals surface area contributed by atoms with Crippen LogP contribution in [0.5, 0.6) is 0 Å². The third kappa shape index (κ3) is 4.42. The van der Waals surface area contributed by atoms with Gasteiger partial charge in [0.2, 0.25) is 0 Å². The molecular formula is C10H16N4O4. The van der Waals surface area contributed by atoms with Crippen LogP contribution in [0.2, 0.25) is 0 Å². The smallest absolute Gasteiger partial charge is 0.332 e. The lowest BCUT2D eigenvalue weighted by Gasteiger charge is -2.17. The maximum Gasteiger partial charge on any atom is 0.332 e. The van der Waals surface area contributed by atoms with Crippen LogP contribution >= 0.6 is 0 Å². The van der Waals surface area contributed by atoms with Gasteiger partial charge in [0.15, 0.2) is 6.10 Å². The van der Waals surface area contributed by atoms with Gasteiger partial charge in [0, 0.05) is 31.8 Å². The third-order valence-electron chi connectivity index (χ3n) is 2.30. The fourth-order valence-electron chi connectivity index (χ4n) is 1.28. The highest BCUT2D eigenvalue weighted by Crippen LogP contribution is 1.99. The van der Waals surface area contributed by atoms with Gasteiger partial charge in [0.05, 0.1) is 12.7 Å². The first-order valence-electron chi connectivity index (χ1n) is 5.38. The number of aromatic nitrogens is 2. The molecule has 8 heteroatoms. The van der Waals surface area contributed by atoms with Crippen molar-refractivity contribution in [3.63, 3.8) is 0 Å². The number of aromatic amines is 1. The van der Waals surface area contributed by atoms with Crippen LogP contribution in [0.1, 0.15) is 12.0 Å². The Bertz CT molecular complexity index is 393. The normalized spacial score (nSPS) is 11.9. The number of amides is 2. The molecule has 0 aliphatic heterocycles. The van der Waals surface area contributed by atoms with Crippen LogP contribution in [0.15, 0.2) is 12.4 Å². The molecule has 0 saturated carbocycles. The summed E-state index contributed by atoms with van der Waals surface area (Å²) in [6.07, 6.45) is 1.81. The van der Waals surface area contributed by atoms with E-state index in [1.165, 1.54) is 4.90 Å². The fraction of sp³-hybridized carbons (Fsp3) is 0.500. The van der Waals surface area contributed by atoms with Crippen molar-refractivity contribution < 1.29 is 19.8 Å². The highest BCUT2D eigenvalue weighted by atomic mass is 16.4. The Morgan fingerprint density at radius 1 is 1.61 bits per heavy atom. The van der Waals surface area contributed by atoms with Crippen LogP contribution < -0.4 is 5.32 Å². The van der Waals surface area contributed by atoms with E-state index in [4.69, 9.17) is 10.2 Å². The monoisotopic (exact) mass is 256 g/mol. The van der Waals surface area contributed by atoms with E-state index in [-0.39, 0.29) is 19.0 Å². The molecule has 0 saturated heterocycles. The molecule has 2 amide bonds. The molecular weight excluding hydrogens is 240 g/mol. The van der Waals surface area contributed by atoms with Crippen molar-refractivity contribution in [1.29, 1.82) is 0 Å². The average Bonchev–Trinajstić information content (AvgIpc) is 2.81. The van der Waals surface area contributed by atoms with Gasteiger partial charge in [-0.05, 0) is 0 Å². The van der Waals surface area contributed by atoms with Crippen molar-refractivity contribution >= 4 is 12.0 Å². The quantitative estimate of drug-likeness (QED) is 0.541. The molecule has 0 aliphatic rings. The predicted octanol–water partition coefficient (Wildman–Crippen LogP) is -0.613. The molecule has 0 aromatic carbocycles. The first-order chi connectivity index (χ1) is 8.50. The molecule has 100 valence electrons. The van der Waals surface area contributed by atoms with Gasteiger partial charge in [-0.3, -0.25) is 5.10 Å². The zero-order valence-electron chi connectivity index (χ0n) is 9.96. The van der Waals surface area contributed by atoms with Crippen molar-refractivity contribution in [1.82, 2.24) is 20.4 Å². The number of nitrogens with one attached hydrogen (secondary N) is 2. The lowest BCUT2D eigenvalue weighted by atomic mass is 10.2. The van der Waals surface area contributed by atoms with Gasteiger partial charge >= 0.3 is 12.0 Å². The minimum absolute atomic E-state index is 0.0272. The number of carboxylic acids is 1. The minimum atomic E-state index is -1.45. The van der Waals surface area contributed by atoms with E-state index in [2.05, 4.69) is 15.5 Å². The standard InChI is InChI=1S/C10H16N4O4/c1-14(6-7-4-12-13-5-7)10(18)11-3-2-8(15)9(16)17/h4-5,8,15H,2-3,6H2,1H3,(H,11,18)(H,12,13)(H,16,17). The number of urea groups is 1. The van der Waals surface area contributed by atoms with Crippen LogP contribution in [-0.2, 0) is 11.3 Å². The molecule has 1 unspecified atom stereocenters. The molecule has 0 bridgehead atoms. The number of hydrogen-bond donors (Lipinski definition) is 4. The highest BCUT2D eigenvalue weighted by Gasteiger charge is 2.14. The Morgan fingerprint density at radius 3 is 2.89 bits per heavy atom. The largest absolute Gasteiger partial charge is 0.479 e. The van der Waals surface area contributed by atoms with E-state index in [0.29, 0.717) is 6.54 Å². The van der Waals surface area contributed by atoms with Crippen molar-refractivity contribution in [3.8, 4) is 0 Å². The van der Waals surface area contributed by atoms with Gasteiger partial charge in [-0.25, -0.2) is 9.59 Å². The van der Waals surface area contributed by atoms with Crippen molar-refractivity contribution in [2.75, 3.05) is 13.6 Å². The van der Waals surface area contributed by atoms with Crippen molar-refractivity contribution in [3.05, 3.63) is 18.0 Å². The van der Waals surface area contributed by atoms with Crippen LogP contribution in [0.25, 0.3) is 0 Å². The molecule has 8 nitrogen and oxygen atoms in total. The lowest BCUT2D eigenvalue weighted by molar-refractivity contribution is -0.146. The van der Waals surface area contributed by atoms with Crippen LogP contribution in [0.4, 0.5) is 4.79 Å². The zero-order valence-corrected chi connectivity index (χ0v) is 9.96. The molecule has 0 spiro atoms. The summed E-state index contributed by atoms with van der Waals surface area (Å²) in [6, 6.07) is -0.339. The number of aliphatic carboxylic acids is 1. The number of rotatable bonds is 6. The molecule has 0 aliphatic carbocycles. The van der Waals surface area contributed by atoms with E-state index in [0.717, 1.165) is 5.56 Å². The maximum atomic E-state index is 11.6. The minimum Gasteiger partial charge on any atom is -0.479 e. The Kier molecular flexibility index (Phi) is 5.12. The van der Waals surface area contributed by atoms with Gasteiger partial charge in [-0.15, -0.1) is 0 Å².